The summed E-state index contributed by atoms with van der Waals surface area (Å²) in [6.07, 6.45) is 1.03. The highest BCUT2D eigenvalue weighted by atomic mass is 35.5. The molecule has 1 aliphatic heterocycles. The van der Waals surface area contributed by atoms with Crippen LogP contribution in [-0.4, -0.2) is 65.6 Å². The van der Waals surface area contributed by atoms with Gasteiger partial charge in [0.15, 0.2) is 0 Å². The third-order valence-electron chi connectivity index (χ3n) is 2.83. The molecule has 0 aromatic heterocycles. The summed E-state index contributed by atoms with van der Waals surface area (Å²) in [7, 11) is -2.58. The molecule has 120 valence electrons. The number of nitrogens with zero attached hydrogens (tertiary/aromatic N) is 1. The van der Waals surface area contributed by atoms with Gasteiger partial charge in [-0.25, -0.2) is 14.8 Å². The van der Waals surface area contributed by atoms with Gasteiger partial charge in [-0.05, 0) is 6.42 Å². The zero-order valence-corrected chi connectivity index (χ0v) is 15.7. The fourth-order valence-electron chi connectivity index (χ4n) is 1.85. The molecule has 2 N–H and O–H groups in total. The lowest BCUT2D eigenvalue weighted by Crippen LogP contribution is -2.42. The van der Waals surface area contributed by atoms with E-state index in [1.54, 1.807) is 0 Å². The lowest BCUT2D eigenvalue weighted by molar-refractivity contribution is 0.414. The molecule has 0 unspecified atom stereocenters. The van der Waals surface area contributed by atoms with Gasteiger partial charge < -0.3 is 0 Å². The lowest BCUT2D eigenvalue weighted by atomic mass is 10.4. The third kappa shape index (κ3) is 7.59. The number of hydrogen-bond acceptors (Lipinski definition) is 3. The summed E-state index contributed by atoms with van der Waals surface area (Å²) >= 11 is 15.0. The van der Waals surface area contributed by atoms with E-state index in [9.17, 15) is 4.57 Å². The first-order valence-corrected chi connectivity index (χ1v) is 11.9. The molecule has 20 heavy (non-hydrogen) atoms. The molecular formula is C11H24Cl2N3OPS2. The molecule has 4 nitrogen and oxygen atoms in total. The Labute approximate surface area is 141 Å². The predicted octanol–water partition coefficient (Wildman–Crippen LogP) is 2.92. The summed E-state index contributed by atoms with van der Waals surface area (Å²) in [4.78, 5) is 0. The molecule has 0 aromatic rings. The van der Waals surface area contributed by atoms with Crippen molar-refractivity contribution < 1.29 is 4.57 Å². The maximum Gasteiger partial charge on any atom is 0.281 e. The Morgan fingerprint density at radius 3 is 1.90 bits per heavy atom. The molecule has 0 aromatic carbocycles. The Morgan fingerprint density at radius 1 is 0.950 bits per heavy atom. The molecule has 9 heteroatoms. The van der Waals surface area contributed by atoms with Crippen LogP contribution in [0, 0.1) is 0 Å². The first-order chi connectivity index (χ1) is 9.73. The van der Waals surface area contributed by atoms with E-state index in [1.165, 1.54) is 0 Å². The summed E-state index contributed by atoms with van der Waals surface area (Å²) in [5.41, 5.74) is 0. The summed E-state index contributed by atoms with van der Waals surface area (Å²) in [6.45, 7) is 3.29. The molecule has 1 heterocycles. The summed E-state index contributed by atoms with van der Waals surface area (Å²) < 4.78 is 15.0. The first kappa shape index (κ1) is 19.4. The zero-order valence-electron chi connectivity index (χ0n) is 11.7. The van der Waals surface area contributed by atoms with Gasteiger partial charge in [-0.1, -0.05) is 0 Å². The van der Waals surface area contributed by atoms with Crippen molar-refractivity contribution in [1.29, 1.82) is 0 Å². The van der Waals surface area contributed by atoms with Gasteiger partial charge in [0.1, 0.15) is 0 Å². The van der Waals surface area contributed by atoms with Gasteiger partial charge in [0.05, 0.1) is 0 Å². The van der Waals surface area contributed by atoms with Crippen molar-refractivity contribution in [2.24, 2.45) is 0 Å². The van der Waals surface area contributed by atoms with Crippen LogP contribution in [0.4, 0.5) is 0 Å². The van der Waals surface area contributed by atoms with Crippen LogP contribution in [0.2, 0.25) is 0 Å². The third-order valence-corrected chi connectivity index (χ3v) is 8.09. The molecule has 0 aliphatic carbocycles. The summed E-state index contributed by atoms with van der Waals surface area (Å²) in [6, 6.07) is 0. The Hall–Kier alpha value is 1.39. The van der Waals surface area contributed by atoms with Crippen LogP contribution in [-0.2, 0) is 4.57 Å². The number of halogens is 2. The second-order valence-electron chi connectivity index (χ2n) is 4.30. The van der Waals surface area contributed by atoms with Crippen LogP contribution >= 0.6 is 54.3 Å². The molecule has 0 amide bonds. The van der Waals surface area contributed by atoms with Gasteiger partial charge in [-0.3, -0.25) is 4.57 Å². The van der Waals surface area contributed by atoms with Gasteiger partial charge in [-0.15, -0.1) is 23.2 Å². The van der Waals surface area contributed by atoms with Crippen molar-refractivity contribution >= 4 is 54.3 Å². The maximum atomic E-state index is 12.9. The van der Waals surface area contributed by atoms with E-state index in [0.717, 1.165) is 55.6 Å². The molecule has 1 aliphatic rings. The Kier molecular flexibility index (Phi) is 11.6. The Balaban J connectivity index is 2.42. The Morgan fingerprint density at radius 2 is 1.45 bits per heavy atom. The molecule has 0 radical (unpaired) electrons. The molecule has 0 spiro atoms. The van der Waals surface area contributed by atoms with Crippen LogP contribution in [0.1, 0.15) is 6.42 Å². The van der Waals surface area contributed by atoms with Gasteiger partial charge in [0.2, 0.25) is 0 Å². The molecule has 0 bridgehead atoms. The second kappa shape index (κ2) is 11.9. The topological polar surface area (TPSA) is 44.4 Å². The first-order valence-electron chi connectivity index (χ1n) is 6.86. The van der Waals surface area contributed by atoms with E-state index in [0.29, 0.717) is 11.8 Å². The highest BCUT2D eigenvalue weighted by Crippen LogP contribution is 2.42. The molecule has 1 fully saturated rings. The van der Waals surface area contributed by atoms with E-state index >= 15 is 0 Å². The van der Waals surface area contributed by atoms with Gasteiger partial charge in [-0.2, -0.15) is 23.5 Å². The SMILES string of the molecule is O=P1(N(CCSCCCl)CCSCCCl)NCCCN1. The summed E-state index contributed by atoms with van der Waals surface area (Å²) in [5.74, 6) is 5.15. The van der Waals surface area contributed by atoms with E-state index in [-0.39, 0.29) is 0 Å². The molecule has 0 saturated carbocycles. The minimum atomic E-state index is -2.58. The van der Waals surface area contributed by atoms with Crippen LogP contribution in [0.25, 0.3) is 0 Å². The Bertz CT molecular complexity index is 281. The maximum absolute atomic E-state index is 12.9. The van der Waals surface area contributed by atoms with Crippen molar-refractivity contribution in [3.63, 3.8) is 0 Å². The van der Waals surface area contributed by atoms with Crippen LogP contribution in [0.3, 0.4) is 0 Å². The highest BCUT2D eigenvalue weighted by Gasteiger charge is 2.31. The van der Waals surface area contributed by atoms with Crippen molar-refractivity contribution in [3.8, 4) is 0 Å². The smallest absolute Gasteiger partial charge is 0.271 e. The standard InChI is InChI=1S/C11H24Cl2N3OPS2/c12-2-8-19-10-6-16(7-11-20-9-3-13)18(17)14-4-1-5-15-18/h1-11H2,(H2,14,15,17). The number of alkyl halides is 2. The average molecular weight is 380 g/mol. The quantitative estimate of drug-likeness (QED) is 0.327. The number of hydrogen-bond donors (Lipinski definition) is 2. The lowest BCUT2D eigenvalue weighted by Gasteiger charge is -2.35. The molecule has 1 saturated heterocycles. The van der Waals surface area contributed by atoms with Crippen molar-refractivity contribution in [2.75, 3.05) is 61.0 Å². The number of rotatable bonds is 11. The van der Waals surface area contributed by atoms with Crippen LogP contribution in [0.15, 0.2) is 0 Å². The highest BCUT2D eigenvalue weighted by molar-refractivity contribution is 7.99. The van der Waals surface area contributed by atoms with Crippen molar-refractivity contribution in [2.45, 2.75) is 6.42 Å². The van der Waals surface area contributed by atoms with Crippen LogP contribution < -0.4 is 10.2 Å². The second-order valence-corrected chi connectivity index (χ2v) is 9.86. The number of thioether (sulfide) groups is 2. The zero-order chi connectivity index (χ0) is 14.7. The largest absolute Gasteiger partial charge is 0.281 e. The van der Waals surface area contributed by atoms with Crippen LogP contribution in [0.5, 0.6) is 0 Å². The molecule has 0 atom stereocenters. The van der Waals surface area contributed by atoms with E-state index < -0.39 is 7.59 Å². The normalized spacial score (nSPS) is 18.6. The van der Waals surface area contributed by atoms with Crippen molar-refractivity contribution in [1.82, 2.24) is 14.8 Å². The van der Waals surface area contributed by atoms with E-state index in [4.69, 9.17) is 23.2 Å². The molecular weight excluding hydrogens is 356 g/mol. The summed E-state index contributed by atoms with van der Waals surface area (Å²) in [5, 5.41) is 6.35. The van der Waals surface area contributed by atoms with E-state index in [2.05, 4.69) is 14.8 Å². The van der Waals surface area contributed by atoms with Gasteiger partial charge in [0, 0.05) is 61.0 Å². The van der Waals surface area contributed by atoms with Gasteiger partial charge >= 0.3 is 0 Å². The fourth-order valence-corrected chi connectivity index (χ4v) is 6.30. The van der Waals surface area contributed by atoms with E-state index in [1.807, 2.05) is 23.5 Å². The number of nitrogens with one attached hydrogen (secondary N) is 2. The minimum Gasteiger partial charge on any atom is -0.271 e. The fraction of sp³-hybridized carbons (Fsp3) is 1.00. The van der Waals surface area contributed by atoms with Gasteiger partial charge in [0.25, 0.3) is 7.59 Å². The monoisotopic (exact) mass is 379 g/mol. The molecule has 1 rings (SSSR count). The minimum absolute atomic E-state index is 0.671. The van der Waals surface area contributed by atoms with Crippen molar-refractivity contribution in [3.05, 3.63) is 0 Å². The predicted molar refractivity (Wildman–Crippen MR) is 95.9 cm³/mol. The average Bonchev–Trinajstić information content (AvgIpc) is 2.46.